The van der Waals surface area contributed by atoms with Crippen molar-refractivity contribution in [3.63, 3.8) is 0 Å². The molecule has 0 saturated carbocycles. The molecule has 120 valence electrons. The van der Waals surface area contributed by atoms with E-state index in [1.54, 1.807) is 0 Å². The van der Waals surface area contributed by atoms with Gasteiger partial charge in [0.1, 0.15) is 0 Å². The van der Waals surface area contributed by atoms with Crippen LogP contribution >= 0.6 is 11.6 Å². The third-order valence-electron chi connectivity index (χ3n) is 3.98. The van der Waals surface area contributed by atoms with E-state index in [1.165, 1.54) is 44.1 Å². The van der Waals surface area contributed by atoms with Gasteiger partial charge in [0, 0.05) is 12.2 Å². The van der Waals surface area contributed by atoms with Gasteiger partial charge in [0.05, 0.1) is 10.7 Å². The van der Waals surface area contributed by atoms with Crippen LogP contribution in [-0.2, 0) is 6.42 Å². The van der Waals surface area contributed by atoms with Crippen molar-refractivity contribution in [3.8, 4) is 0 Å². The number of rotatable bonds is 10. The van der Waals surface area contributed by atoms with Gasteiger partial charge in [-0.25, -0.2) is 0 Å². The van der Waals surface area contributed by atoms with Crippen LogP contribution in [0.1, 0.15) is 69.9 Å². The molecule has 0 atom stereocenters. The van der Waals surface area contributed by atoms with E-state index in [2.05, 4.69) is 25.2 Å². The zero-order chi connectivity index (χ0) is 15.7. The van der Waals surface area contributed by atoms with Gasteiger partial charge in [0.15, 0.2) is 0 Å². The molecule has 0 bridgehead atoms. The Balaban J connectivity index is 2.55. The van der Waals surface area contributed by atoms with Crippen molar-refractivity contribution >= 4 is 23.0 Å². The number of anilines is 2. The number of halogens is 1. The monoisotopic (exact) mass is 310 g/mol. The number of hydrogen-bond acceptors (Lipinski definition) is 2. The van der Waals surface area contributed by atoms with E-state index >= 15 is 0 Å². The van der Waals surface area contributed by atoms with Gasteiger partial charge in [-0.15, -0.1) is 0 Å². The van der Waals surface area contributed by atoms with Gasteiger partial charge in [-0.3, -0.25) is 0 Å². The van der Waals surface area contributed by atoms with E-state index in [9.17, 15) is 0 Å². The lowest BCUT2D eigenvalue weighted by Gasteiger charge is -2.17. The van der Waals surface area contributed by atoms with Crippen LogP contribution in [0.2, 0.25) is 5.02 Å². The summed E-state index contributed by atoms with van der Waals surface area (Å²) in [6.45, 7) is 7.42. The molecule has 1 aromatic rings. The van der Waals surface area contributed by atoms with E-state index in [0.29, 0.717) is 0 Å². The normalized spacial score (nSPS) is 10.9. The number of hydrogen-bond donors (Lipinski definition) is 2. The van der Waals surface area contributed by atoms with Crippen molar-refractivity contribution < 1.29 is 0 Å². The van der Waals surface area contributed by atoms with Crippen LogP contribution in [0.15, 0.2) is 6.07 Å². The Morgan fingerprint density at radius 3 is 2.38 bits per heavy atom. The summed E-state index contributed by atoms with van der Waals surface area (Å²) in [7, 11) is 0. The summed E-state index contributed by atoms with van der Waals surface area (Å²) in [5.41, 5.74) is 10.2. The van der Waals surface area contributed by atoms with Crippen molar-refractivity contribution in [3.05, 3.63) is 22.2 Å². The maximum Gasteiger partial charge on any atom is 0.0689 e. The quantitative estimate of drug-likeness (QED) is 0.413. The van der Waals surface area contributed by atoms with Gasteiger partial charge in [-0.2, -0.15) is 0 Å². The molecule has 0 heterocycles. The summed E-state index contributed by atoms with van der Waals surface area (Å²) in [6, 6.07) is 2.08. The SMILES string of the molecule is CCCCCCCCNc1c(CCC)cc(N)c(C)c1Cl. The van der Waals surface area contributed by atoms with Crippen LogP contribution in [0.25, 0.3) is 0 Å². The first kappa shape index (κ1) is 18.2. The molecular formula is C18H31ClN2. The molecule has 3 heteroatoms. The van der Waals surface area contributed by atoms with Gasteiger partial charge < -0.3 is 11.1 Å². The Hall–Kier alpha value is -0.890. The Morgan fingerprint density at radius 1 is 1.05 bits per heavy atom. The van der Waals surface area contributed by atoms with Crippen LogP contribution in [-0.4, -0.2) is 6.54 Å². The minimum atomic E-state index is 0.796. The average molecular weight is 311 g/mol. The predicted molar refractivity (Wildman–Crippen MR) is 96.5 cm³/mol. The summed E-state index contributed by atoms with van der Waals surface area (Å²) in [6.07, 6.45) is 9.98. The topological polar surface area (TPSA) is 38.0 Å². The van der Waals surface area contributed by atoms with Gasteiger partial charge >= 0.3 is 0 Å². The zero-order valence-electron chi connectivity index (χ0n) is 13.9. The summed E-state index contributed by atoms with van der Waals surface area (Å²) < 4.78 is 0. The first-order valence-corrected chi connectivity index (χ1v) is 8.80. The first-order chi connectivity index (χ1) is 10.1. The predicted octanol–water partition coefficient (Wildman–Crippen LogP) is 5.96. The zero-order valence-corrected chi connectivity index (χ0v) is 14.7. The fourth-order valence-corrected chi connectivity index (χ4v) is 2.90. The number of nitrogen functional groups attached to an aromatic ring is 1. The van der Waals surface area contributed by atoms with Gasteiger partial charge in [0.2, 0.25) is 0 Å². The van der Waals surface area contributed by atoms with E-state index in [0.717, 1.165) is 41.3 Å². The number of nitrogens with two attached hydrogens (primary N) is 1. The fourth-order valence-electron chi connectivity index (χ4n) is 2.60. The molecule has 0 spiro atoms. The summed E-state index contributed by atoms with van der Waals surface area (Å²) >= 11 is 6.48. The van der Waals surface area contributed by atoms with Gasteiger partial charge in [0.25, 0.3) is 0 Å². The lowest BCUT2D eigenvalue weighted by atomic mass is 10.0. The molecule has 0 aliphatic heterocycles. The number of benzene rings is 1. The molecule has 1 aromatic carbocycles. The third-order valence-corrected chi connectivity index (χ3v) is 4.46. The number of unbranched alkanes of at least 4 members (excludes halogenated alkanes) is 5. The summed E-state index contributed by atoms with van der Waals surface area (Å²) in [5, 5.41) is 4.33. The van der Waals surface area contributed by atoms with Crippen LogP contribution in [0.4, 0.5) is 11.4 Å². The molecule has 2 nitrogen and oxygen atoms in total. The second kappa shape index (κ2) is 9.94. The van der Waals surface area contributed by atoms with E-state index in [1.807, 2.05) is 6.92 Å². The molecule has 0 aliphatic carbocycles. The van der Waals surface area contributed by atoms with Crippen molar-refractivity contribution in [2.24, 2.45) is 0 Å². The van der Waals surface area contributed by atoms with Crippen LogP contribution in [0.3, 0.4) is 0 Å². The van der Waals surface area contributed by atoms with Crippen LogP contribution in [0.5, 0.6) is 0 Å². The van der Waals surface area contributed by atoms with Crippen LogP contribution < -0.4 is 11.1 Å². The summed E-state index contributed by atoms with van der Waals surface area (Å²) in [4.78, 5) is 0. The molecule has 21 heavy (non-hydrogen) atoms. The second-order valence-corrected chi connectivity index (χ2v) is 6.26. The van der Waals surface area contributed by atoms with E-state index in [-0.39, 0.29) is 0 Å². The highest BCUT2D eigenvalue weighted by atomic mass is 35.5. The standard InChI is InChI=1S/C18H31ClN2/c1-4-6-7-8-9-10-12-21-18-15(11-5-2)13-16(20)14(3)17(18)19/h13,21H,4-12,20H2,1-3H3. The van der Waals surface area contributed by atoms with E-state index < -0.39 is 0 Å². The Labute approximate surface area is 135 Å². The van der Waals surface area contributed by atoms with E-state index in [4.69, 9.17) is 17.3 Å². The molecule has 3 N–H and O–H groups in total. The molecule has 0 aromatic heterocycles. The minimum Gasteiger partial charge on any atom is -0.398 e. The molecular weight excluding hydrogens is 280 g/mol. The molecule has 0 aliphatic rings. The average Bonchev–Trinajstić information content (AvgIpc) is 2.47. The van der Waals surface area contributed by atoms with Crippen molar-refractivity contribution in [2.45, 2.75) is 72.1 Å². The lowest BCUT2D eigenvalue weighted by molar-refractivity contribution is 0.617. The molecule has 1 rings (SSSR count). The largest absolute Gasteiger partial charge is 0.398 e. The fraction of sp³-hybridized carbons (Fsp3) is 0.667. The maximum absolute atomic E-state index is 6.48. The molecule has 0 fully saturated rings. The highest BCUT2D eigenvalue weighted by Crippen LogP contribution is 2.34. The van der Waals surface area contributed by atoms with Gasteiger partial charge in [-0.1, -0.05) is 64.0 Å². The van der Waals surface area contributed by atoms with Crippen LogP contribution in [0, 0.1) is 6.92 Å². The highest BCUT2D eigenvalue weighted by molar-refractivity contribution is 6.34. The Morgan fingerprint density at radius 2 is 1.71 bits per heavy atom. The number of nitrogens with one attached hydrogen (secondary N) is 1. The number of aryl methyl sites for hydroxylation is 1. The first-order valence-electron chi connectivity index (χ1n) is 8.43. The Kier molecular flexibility index (Phi) is 8.60. The molecule has 0 saturated heterocycles. The van der Waals surface area contributed by atoms with Crippen molar-refractivity contribution in [1.82, 2.24) is 0 Å². The smallest absolute Gasteiger partial charge is 0.0689 e. The Bertz CT molecular complexity index is 430. The third kappa shape index (κ3) is 5.78. The molecule has 0 amide bonds. The molecule has 0 radical (unpaired) electrons. The second-order valence-electron chi connectivity index (χ2n) is 5.88. The lowest BCUT2D eigenvalue weighted by Crippen LogP contribution is -2.07. The highest BCUT2D eigenvalue weighted by Gasteiger charge is 2.12. The van der Waals surface area contributed by atoms with Crippen molar-refractivity contribution in [1.29, 1.82) is 0 Å². The van der Waals surface area contributed by atoms with Gasteiger partial charge in [-0.05, 0) is 37.0 Å². The maximum atomic E-state index is 6.48. The minimum absolute atomic E-state index is 0.796. The summed E-state index contributed by atoms with van der Waals surface area (Å²) in [5.74, 6) is 0. The molecule has 0 unspecified atom stereocenters. The van der Waals surface area contributed by atoms with Crippen molar-refractivity contribution in [2.75, 3.05) is 17.6 Å².